The summed E-state index contributed by atoms with van der Waals surface area (Å²) < 4.78 is 5.90. The number of carbonyl (C=O) groups excluding carboxylic acids is 1. The van der Waals surface area contributed by atoms with Crippen LogP contribution in [-0.4, -0.2) is 67.8 Å². The second-order valence-electron chi connectivity index (χ2n) is 9.88. The molecule has 2 bridgehead atoms. The van der Waals surface area contributed by atoms with Gasteiger partial charge < -0.3 is 14.7 Å². The number of anilines is 1. The number of Topliss-reactive ketones (excluding diaryl/α,β-unsaturated/α-hetero) is 1. The Hall–Kier alpha value is -1.69. The number of hydrogen-bond donors (Lipinski definition) is 1. The highest BCUT2D eigenvalue weighted by atomic mass is 16.5. The number of benzene rings is 1. The van der Waals surface area contributed by atoms with Crippen molar-refractivity contribution in [2.75, 3.05) is 50.8 Å². The van der Waals surface area contributed by atoms with Crippen molar-refractivity contribution in [1.29, 1.82) is 0 Å². The van der Waals surface area contributed by atoms with Crippen LogP contribution < -0.4 is 4.90 Å². The molecule has 5 nitrogen and oxygen atoms in total. The molecule has 3 aliphatic carbocycles. The van der Waals surface area contributed by atoms with Crippen LogP contribution in [0.15, 0.2) is 35.9 Å². The number of ketones is 1. The molecule has 5 rings (SSSR count). The highest BCUT2D eigenvalue weighted by molar-refractivity contribution is 5.94. The molecule has 0 radical (unpaired) electrons. The summed E-state index contributed by atoms with van der Waals surface area (Å²) in [6, 6.07) is 7.86. The first-order valence-electron chi connectivity index (χ1n) is 11.4. The molecular weight excluding hydrogens is 376 g/mol. The number of rotatable bonds is 8. The maximum atomic E-state index is 11.4. The number of ether oxygens (including phenoxy) is 1. The summed E-state index contributed by atoms with van der Waals surface area (Å²) in [5.74, 6) is 1.62. The van der Waals surface area contributed by atoms with Crippen LogP contribution in [-0.2, 0) is 4.74 Å². The third-order valence-electron chi connectivity index (χ3n) is 7.64. The number of aliphatic hydroxyl groups excluding tert-OH is 1. The van der Waals surface area contributed by atoms with E-state index in [0.717, 1.165) is 43.3 Å². The summed E-state index contributed by atoms with van der Waals surface area (Å²) in [7, 11) is 0. The van der Waals surface area contributed by atoms with Gasteiger partial charge in [0.05, 0.1) is 19.3 Å². The predicted molar refractivity (Wildman–Crippen MR) is 120 cm³/mol. The average molecular weight is 413 g/mol. The van der Waals surface area contributed by atoms with E-state index in [1.807, 2.05) is 24.3 Å². The molecule has 0 amide bonds. The number of aliphatic hydroxyl groups is 1. The highest BCUT2D eigenvalue weighted by Crippen LogP contribution is 2.59. The number of piperazine rings is 1. The topological polar surface area (TPSA) is 53.0 Å². The van der Waals surface area contributed by atoms with Crippen molar-refractivity contribution in [2.45, 2.75) is 39.7 Å². The van der Waals surface area contributed by atoms with Gasteiger partial charge in [0.25, 0.3) is 0 Å². The fraction of sp³-hybridized carbons (Fsp3) is 0.640. The van der Waals surface area contributed by atoms with Crippen molar-refractivity contribution < 1.29 is 14.6 Å². The number of carbonyl (C=O) groups is 1. The Morgan fingerprint density at radius 1 is 1.20 bits per heavy atom. The van der Waals surface area contributed by atoms with E-state index in [-0.39, 0.29) is 5.78 Å². The van der Waals surface area contributed by atoms with E-state index < -0.39 is 6.10 Å². The predicted octanol–water partition coefficient (Wildman–Crippen LogP) is 3.38. The number of β-amino-alcohol motifs (C(OH)–C–C–N with tert-alkyl or cyclic N) is 1. The van der Waals surface area contributed by atoms with E-state index in [1.165, 1.54) is 18.4 Å². The Balaban J connectivity index is 1.16. The quantitative estimate of drug-likeness (QED) is 0.524. The van der Waals surface area contributed by atoms with E-state index in [0.29, 0.717) is 31.1 Å². The third kappa shape index (κ3) is 4.48. The first-order chi connectivity index (χ1) is 14.3. The molecular formula is C25H36N2O3. The van der Waals surface area contributed by atoms with Crippen molar-refractivity contribution in [3.05, 3.63) is 41.5 Å². The van der Waals surface area contributed by atoms with Gasteiger partial charge in [-0.2, -0.15) is 0 Å². The molecule has 4 aliphatic rings. The Kier molecular flexibility index (Phi) is 6.33. The normalized spacial score (nSPS) is 26.7. The van der Waals surface area contributed by atoms with E-state index in [2.05, 4.69) is 29.7 Å². The van der Waals surface area contributed by atoms with Gasteiger partial charge in [-0.3, -0.25) is 9.69 Å². The molecule has 164 valence electrons. The van der Waals surface area contributed by atoms with Crippen LogP contribution in [0.4, 0.5) is 5.69 Å². The molecule has 3 atom stereocenters. The minimum Gasteiger partial charge on any atom is -0.389 e. The molecule has 1 heterocycles. The first-order valence-corrected chi connectivity index (χ1v) is 11.4. The van der Waals surface area contributed by atoms with Gasteiger partial charge in [0.1, 0.15) is 0 Å². The minimum atomic E-state index is -0.447. The molecule has 2 fully saturated rings. The largest absolute Gasteiger partial charge is 0.389 e. The van der Waals surface area contributed by atoms with Crippen molar-refractivity contribution >= 4 is 11.5 Å². The molecule has 0 spiro atoms. The monoisotopic (exact) mass is 412 g/mol. The first kappa shape index (κ1) is 21.5. The smallest absolute Gasteiger partial charge is 0.159 e. The Morgan fingerprint density at radius 3 is 2.50 bits per heavy atom. The number of nitrogens with zero attached hydrogens (tertiary/aromatic N) is 2. The van der Waals surface area contributed by atoms with Gasteiger partial charge in [-0.15, -0.1) is 0 Å². The molecule has 0 unspecified atom stereocenters. The standard InChI is InChI=1S/C25H36N2O3/c1-18(28)19-5-8-22(9-6-19)27-12-10-26(11-13-27)15-23(29)17-30-16-20-4-7-21-14-24(20)25(21,2)3/h4-6,8-9,21,23-24,29H,7,10-17H2,1-3H3/t21-,23+,24+/m1/s1. The van der Waals surface area contributed by atoms with Crippen LogP contribution in [0.25, 0.3) is 0 Å². The Morgan fingerprint density at radius 2 is 1.90 bits per heavy atom. The van der Waals surface area contributed by atoms with Gasteiger partial charge in [0, 0.05) is 44.0 Å². The van der Waals surface area contributed by atoms with Crippen molar-refractivity contribution in [3.8, 4) is 0 Å². The summed E-state index contributed by atoms with van der Waals surface area (Å²) in [6.45, 7) is 11.8. The van der Waals surface area contributed by atoms with Crippen LogP contribution in [0.3, 0.4) is 0 Å². The summed E-state index contributed by atoms with van der Waals surface area (Å²) in [5.41, 5.74) is 3.78. The van der Waals surface area contributed by atoms with Crippen LogP contribution in [0, 0.1) is 17.3 Å². The van der Waals surface area contributed by atoms with Gasteiger partial charge in [-0.1, -0.05) is 19.9 Å². The summed E-state index contributed by atoms with van der Waals surface area (Å²) in [5, 5.41) is 10.4. The zero-order chi connectivity index (χ0) is 21.3. The van der Waals surface area contributed by atoms with Crippen LogP contribution in [0.5, 0.6) is 0 Å². The molecule has 1 aromatic carbocycles. The summed E-state index contributed by atoms with van der Waals surface area (Å²) in [4.78, 5) is 16.1. The number of allylic oxidation sites excluding steroid dienone is 1. The third-order valence-corrected chi connectivity index (χ3v) is 7.64. The van der Waals surface area contributed by atoms with E-state index in [1.54, 1.807) is 6.92 Å². The molecule has 1 aromatic rings. The molecule has 0 aromatic heterocycles. The van der Waals surface area contributed by atoms with Gasteiger partial charge in [0.2, 0.25) is 0 Å². The molecule has 1 saturated carbocycles. The van der Waals surface area contributed by atoms with E-state index in [4.69, 9.17) is 4.74 Å². The maximum absolute atomic E-state index is 11.4. The Labute approximate surface area is 180 Å². The lowest BCUT2D eigenvalue weighted by molar-refractivity contribution is -0.0262. The van der Waals surface area contributed by atoms with Crippen LogP contribution >= 0.6 is 0 Å². The summed E-state index contributed by atoms with van der Waals surface area (Å²) >= 11 is 0. The zero-order valence-corrected chi connectivity index (χ0v) is 18.6. The maximum Gasteiger partial charge on any atom is 0.159 e. The van der Waals surface area contributed by atoms with Crippen molar-refractivity contribution in [2.24, 2.45) is 17.3 Å². The number of fused-ring (bicyclic) bond motifs is 1. The minimum absolute atomic E-state index is 0.1000. The lowest BCUT2D eigenvalue weighted by atomic mass is 9.49. The zero-order valence-electron chi connectivity index (χ0n) is 18.6. The van der Waals surface area contributed by atoms with E-state index in [9.17, 15) is 9.90 Å². The molecule has 1 saturated heterocycles. The van der Waals surface area contributed by atoms with Gasteiger partial charge in [-0.05, 0) is 66.9 Å². The molecule has 1 aliphatic heterocycles. The average Bonchev–Trinajstić information content (AvgIpc) is 2.74. The Bertz CT molecular complexity index is 778. The molecule has 30 heavy (non-hydrogen) atoms. The van der Waals surface area contributed by atoms with Crippen molar-refractivity contribution in [1.82, 2.24) is 4.90 Å². The number of hydrogen-bond acceptors (Lipinski definition) is 5. The summed E-state index contributed by atoms with van der Waals surface area (Å²) in [6.07, 6.45) is 4.43. The molecule has 5 heteroatoms. The van der Waals surface area contributed by atoms with Crippen LogP contribution in [0.2, 0.25) is 0 Å². The SMILES string of the molecule is CC(=O)c1ccc(N2CCN(C[C@H](O)COCC3=CC[C@@H]4C[C@@H]3C4(C)C)CC2)cc1. The molecule has 1 N–H and O–H groups in total. The lowest BCUT2D eigenvalue weighted by Crippen LogP contribution is -2.49. The second kappa shape index (κ2) is 8.81. The van der Waals surface area contributed by atoms with Gasteiger partial charge >= 0.3 is 0 Å². The second-order valence-corrected chi connectivity index (χ2v) is 9.88. The van der Waals surface area contributed by atoms with Crippen LogP contribution in [0.1, 0.15) is 44.0 Å². The van der Waals surface area contributed by atoms with Crippen molar-refractivity contribution in [3.63, 3.8) is 0 Å². The lowest BCUT2D eigenvalue weighted by Gasteiger charge is -2.56. The van der Waals surface area contributed by atoms with E-state index >= 15 is 0 Å². The fourth-order valence-electron chi connectivity index (χ4n) is 5.40. The highest BCUT2D eigenvalue weighted by Gasteiger charge is 2.50. The fourth-order valence-corrected chi connectivity index (χ4v) is 5.40. The van der Waals surface area contributed by atoms with Gasteiger partial charge in [0.15, 0.2) is 5.78 Å². The van der Waals surface area contributed by atoms with Gasteiger partial charge in [-0.25, -0.2) is 0 Å².